The Kier molecular flexibility index (Phi) is 3.66. The number of esters is 1. The number of ether oxygens (including phenoxy) is 2. The zero-order valence-electron chi connectivity index (χ0n) is 12.0. The summed E-state index contributed by atoms with van der Waals surface area (Å²) in [6, 6.07) is 8.67. The molecule has 2 aliphatic rings. The van der Waals surface area contributed by atoms with Crippen molar-refractivity contribution in [3.05, 3.63) is 29.8 Å². The van der Waals surface area contributed by atoms with E-state index in [1.54, 1.807) is 7.11 Å². The van der Waals surface area contributed by atoms with Crippen molar-refractivity contribution in [3.63, 3.8) is 0 Å². The molecule has 1 aromatic carbocycles. The maximum Gasteiger partial charge on any atom is 0.323 e. The minimum atomic E-state index is -0.0489. The summed E-state index contributed by atoms with van der Waals surface area (Å²) in [4.78, 5) is 14.1. The van der Waals surface area contributed by atoms with Crippen LogP contribution in [-0.4, -0.2) is 43.2 Å². The fraction of sp³-hybridized carbons (Fsp3) is 0.562. The van der Waals surface area contributed by atoms with Gasteiger partial charge in [-0.25, -0.2) is 0 Å². The molecule has 0 bridgehead atoms. The van der Waals surface area contributed by atoms with Gasteiger partial charge in [-0.15, -0.1) is 0 Å². The minimum Gasteiger partial charge on any atom is -0.497 e. The average Bonchev–Trinajstić information content (AvgIpc) is 3.05. The SMILES string of the molecule is COc1ccc([C@H]2C[C@@H](C)N([C@@H]3CCOC3=O)C2)cc1. The lowest BCUT2D eigenvalue weighted by atomic mass is 9.97. The van der Waals surface area contributed by atoms with Crippen LogP contribution in [-0.2, 0) is 9.53 Å². The van der Waals surface area contributed by atoms with Crippen LogP contribution >= 0.6 is 0 Å². The first kappa shape index (κ1) is 13.4. The summed E-state index contributed by atoms with van der Waals surface area (Å²) in [5, 5.41) is 0. The molecule has 2 fully saturated rings. The molecule has 0 spiro atoms. The van der Waals surface area contributed by atoms with Crippen LogP contribution in [0.1, 0.15) is 31.2 Å². The molecule has 3 atom stereocenters. The monoisotopic (exact) mass is 275 g/mol. The Morgan fingerprint density at radius 3 is 2.65 bits per heavy atom. The normalized spacial score (nSPS) is 30.5. The number of hydrogen-bond donors (Lipinski definition) is 0. The zero-order valence-corrected chi connectivity index (χ0v) is 12.0. The highest BCUT2D eigenvalue weighted by Gasteiger charge is 2.40. The summed E-state index contributed by atoms with van der Waals surface area (Å²) >= 11 is 0. The van der Waals surface area contributed by atoms with Crippen LogP contribution in [0.5, 0.6) is 5.75 Å². The number of carbonyl (C=O) groups is 1. The highest BCUT2D eigenvalue weighted by molar-refractivity contribution is 5.77. The summed E-state index contributed by atoms with van der Waals surface area (Å²) in [5.41, 5.74) is 1.33. The van der Waals surface area contributed by atoms with Crippen LogP contribution in [0.4, 0.5) is 0 Å². The van der Waals surface area contributed by atoms with Gasteiger partial charge < -0.3 is 9.47 Å². The van der Waals surface area contributed by atoms with Crippen LogP contribution in [0.15, 0.2) is 24.3 Å². The number of carbonyl (C=O) groups excluding carboxylic acids is 1. The Labute approximate surface area is 119 Å². The van der Waals surface area contributed by atoms with Gasteiger partial charge in [-0.2, -0.15) is 0 Å². The fourth-order valence-corrected chi connectivity index (χ4v) is 3.39. The van der Waals surface area contributed by atoms with Crippen LogP contribution in [0.2, 0.25) is 0 Å². The first-order chi connectivity index (χ1) is 9.69. The molecule has 3 rings (SSSR count). The van der Waals surface area contributed by atoms with Crippen molar-refractivity contribution in [1.29, 1.82) is 0 Å². The standard InChI is InChI=1S/C16H21NO3/c1-11-9-13(12-3-5-14(19-2)6-4-12)10-17(11)15-7-8-20-16(15)18/h3-6,11,13,15H,7-10H2,1-2H3/t11-,13+,15-/m1/s1. The summed E-state index contributed by atoms with van der Waals surface area (Å²) in [6.45, 7) is 3.71. The van der Waals surface area contributed by atoms with E-state index in [0.29, 0.717) is 18.6 Å². The molecule has 0 amide bonds. The van der Waals surface area contributed by atoms with Crippen molar-refractivity contribution in [3.8, 4) is 5.75 Å². The number of hydrogen-bond acceptors (Lipinski definition) is 4. The molecular formula is C16H21NO3. The number of benzene rings is 1. The lowest BCUT2D eigenvalue weighted by molar-refractivity contribution is -0.142. The third-order valence-electron chi connectivity index (χ3n) is 4.52. The summed E-state index contributed by atoms with van der Waals surface area (Å²) in [6.07, 6.45) is 1.93. The molecule has 0 aromatic heterocycles. The quantitative estimate of drug-likeness (QED) is 0.793. The molecule has 0 unspecified atom stereocenters. The number of cyclic esters (lactones) is 1. The van der Waals surface area contributed by atoms with Crippen molar-refractivity contribution >= 4 is 5.97 Å². The Bertz CT molecular complexity index is 485. The summed E-state index contributed by atoms with van der Waals surface area (Å²) < 4.78 is 10.3. The van der Waals surface area contributed by atoms with Crippen molar-refractivity contribution < 1.29 is 14.3 Å². The highest BCUT2D eigenvalue weighted by atomic mass is 16.5. The van der Waals surface area contributed by atoms with E-state index in [4.69, 9.17) is 9.47 Å². The van der Waals surface area contributed by atoms with Gasteiger partial charge in [0, 0.05) is 19.0 Å². The Morgan fingerprint density at radius 1 is 1.30 bits per heavy atom. The minimum absolute atomic E-state index is 0.0340. The van der Waals surface area contributed by atoms with Gasteiger partial charge in [0.15, 0.2) is 0 Å². The molecule has 108 valence electrons. The molecule has 2 saturated heterocycles. The third-order valence-corrected chi connectivity index (χ3v) is 4.52. The Morgan fingerprint density at radius 2 is 2.05 bits per heavy atom. The van der Waals surface area contributed by atoms with Gasteiger partial charge in [-0.05, 0) is 37.0 Å². The molecule has 2 aliphatic heterocycles. The third kappa shape index (κ3) is 2.40. The largest absolute Gasteiger partial charge is 0.497 e. The van der Waals surface area contributed by atoms with Crippen molar-refractivity contribution in [1.82, 2.24) is 4.90 Å². The van der Waals surface area contributed by atoms with Crippen molar-refractivity contribution in [2.75, 3.05) is 20.3 Å². The molecule has 0 N–H and O–H groups in total. The van der Waals surface area contributed by atoms with Gasteiger partial charge >= 0.3 is 5.97 Å². The molecule has 20 heavy (non-hydrogen) atoms. The Balaban J connectivity index is 1.72. The molecule has 0 saturated carbocycles. The van der Waals surface area contributed by atoms with E-state index < -0.39 is 0 Å². The number of rotatable bonds is 3. The van der Waals surface area contributed by atoms with Crippen molar-refractivity contribution in [2.45, 2.75) is 37.8 Å². The van der Waals surface area contributed by atoms with Crippen LogP contribution in [0.3, 0.4) is 0 Å². The predicted octanol–water partition coefficient (Wildman–Crippen LogP) is 2.19. The predicted molar refractivity (Wildman–Crippen MR) is 75.9 cm³/mol. The number of likely N-dealkylation sites (tertiary alicyclic amines) is 1. The van der Waals surface area contributed by atoms with E-state index in [2.05, 4.69) is 24.0 Å². The maximum atomic E-state index is 11.8. The smallest absolute Gasteiger partial charge is 0.323 e. The van der Waals surface area contributed by atoms with E-state index in [0.717, 1.165) is 25.1 Å². The molecule has 4 nitrogen and oxygen atoms in total. The molecule has 4 heteroatoms. The van der Waals surface area contributed by atoms with Gasteiger partial charge in [0.25, 0.3) is 0 Å². The summed E-state index contributed by atoms with van der Waals surface area (Å²) in [5.74, 6) is 1.33. The topological polar surface area (TPSA) is 38.8 Å². The second-order valence-electron chi connectivity index (χ2n) is 5.72. The number of nitrogens with zero attached hydrogens (tertiary/aromatic N) is 1. The first-order valence-electron chi connectivity index (χ1n) is 7.25. The average molecular weight is 275 g/mol. The lowest BCUT2D eigenvalue weighted by Gasteiger charge is -2.25. The van der Waals surface area contributed by atoms with E-state index in [9.17, 15) is 4.79 Å². The van der Waals surface area contributed by atoms with E-state index in [1.807, 2.05) is 12.1 Å². The molecule has 0 radical (unpaired) electrons. The van der Waals surface area contributed by atoms with Crippen molar-refractivity contribution in [2.24, 2.45) is 0 Å². The second kappa shape index (κ2) is 5.44. The van der Waals surface area contributed by atoms with E-state index in [-0.39, 0.29) is 12.0 Å². The fourth-order valence-electron chi connectivity index (χ4n) is 3.39. The second-order valence-corrected chi connectivity index (χ2v) is 5.72. The first-order valence-corrected chi connectivity index (χ1v) is 7.25. The van der Waals surface area contributed by atoms with Gasteiger partial charge in [-0.3, -0.25) is 9.69 Å². The summed E-state index contributed by atoms with van der Waals surface area (Å²) in [7, 11) is 1.68. The lowest BCUT2D eigenvalue weighted by Crippen LogP contribution is -2.40. The zero-order chi connectivity index (χ0) is 14.1. The van der Waals surface area contributed by atoms with Gasteiger partial charge in [-0.1, -0.05) is 12.1 Å². The van der Waals surface area contributed by atoms with Crippen LogP contribution in [0.25, 0.3) is 0 Å². The van der Waals surface area contributed by atoms with Crippen LogP contribution in [0, 0.1) is 0 Å². The van der Waals surface area contributed by atoms with Crippen LogP contribution < -0.4 is 4.74 Å². The maximum absolute atomic E-state index is 11.8. The van der Waals surface area contributed by atoms with Gasteiger partial charge in [0.05, 0.1) is 13.7 Å². The Hall–Kier alpha value is -1.55. The molecule has 2 heterocycles. The van der Waals surface area contributed by atoms with Gasteiger partial charge in [0.1, 0.15) is 11.8 Å². The van der Waals surface area contributed by atoms with Gasteiger partial charge in [0.2, 0.25) is 0 Å². The molecule has 1 aromatic rings. The molecule has 0 aliphatic carbocycles. The van der Waals surface area contributed by atoms with E-state index >= 15 is 0 Å². The number of methoxy groups -OCH3 is 1. The molecular weight excluding hydrogens is 254 g/mol. The van der Waals surface area contributed by atoms with E-state index in [1.165, 1.54) is 5.56 Å². The highest BCUT2D eigenvalue weighted by Crippen LogP contribution is 2.35.